The van der Waals surface area contributed by atoms with Crippen LogP contribution in [0.2, 0.25) is 0 Å². The highest BCUT2D eigenvalue weighted by atomic mass is 14.9. The second-order valence-corrected chi connectivity index (χ2v) is 5.39. The van der Waals surface area contributed by atoms with E-state index in [0.717, 1.165) is 17.9 Å². The van der Waals surface area contributed by atoms with E-state index in [4.69, 9.17) is 0 Å². The molecule has 0 bridgehead atoms. The number of hydrogen-bond acceptors (Lipinski definition) is 1. The Bertz CT molecular complexity index is 203. The molecule has 1 N–H and O–H groups in total. The molecule has 0 aromatic heterocycles. The van der Waals surface area contributed by atoms with Crippen LogP contribution in [0.15, 0.2) is 12.2 Å². The standard InChI is InChI=1S/C14H25N/c1-12(14-9-5-6-10-14)15-11-13-7-3-2-4-8-13/h2-3,12-15H,4-11H2,1H3/t12-,13?/m0/s1. The first-order valence-corrected chi connectivity index (χ1v) is 6.74. The van der Waals surface area contributed by atoms with Crippen molar-refractivity contribution < 1.29 is 0 Å². The molecule has 1 heteroatoms. The van der Waals surface area contributed by atoms with Gasteiger partial charge in [-0.2, -0.15) is 0 Å². The first kappa shape index (κ1) is 11.2. The predicted molar refractivity (Wildman–Crippen MR) is 65.9 cm³/mol. The fourth-order valence-electron chi connectivity index (χ4n) is 3.02. The third-order valence-corrected chi connectivity index (χ3v) is 4.21. The number of hydrogen-bond donors (Lipinski definition) is 1. The zero-order chi connectivity index (χ0) is 10.5. The first-order valence-electron chi connectivity index (χ1n) is 6.74. The van der Waals surface area contributed by atoms with Crippen molar-refractivity contribution in [3.63, 3.8) is 0 Å². The topological polar surface area (TPSA) is 12.0 Å². The van der Waals surface area contributed by atoms with E-state index < -0.39 is 0 Å². The van der Waals surface area contributed by atoms with Crippen LogP contribution in [0.25, 0.3) is 0 Å². The molecule has 1 unspecified atom stereocenters. The second-order valence-electron chi connectivity index (χ2n) is 5.39. The molecule has 0 aromatic carbocycles. The Hall–Kier alpha value is -0.300. The smallest absolute Gasteiger partial charge is 0.00671 e. The molecule has 2 aliphatic rings. The third kappa shape index (κ3) is 3.34. The van der Waals surface area contributed by atoms with Crippen LogP contribution in [0.5, 0.6) is 0 Å². The van der Waals surface area contributed by atoms with E-state index in [2.05, 4.69) is 24.4 Å². The van der Waals surface area contributed by atoms with E-state index in [1.165, 1.54) is 51.5 Å². The van der Waals surface area contributed by atoms with Crippen molar-refractivity contribution in [2.24, 2.45) is 11.8 Å². The summed E-state index contributed by atoms with van der Waals surface area (Å²) in [6.07, 6.45) is 14.5. The average molecular weight is 207 g/mol. The van der Waals surface area contributed by atoms with Crippen LogP contribution in [0, 0.1) is 11.8 Å². The van der Waals surface area contributed by atoms with Crippen molar-refractivity contribution in [3.8, 4) is 0 Å². The molecule has 15 heavy (non-hydrogen) atoms. The zero-order valence-corrected chi connectivity index (χ0v) is 10.0. The minimum atomic E-state index is 0.749. The zero-order valence-electron chi connectivity index (χ0n) is 10.0. The second kappa shape index (κ2) is 5.69. The van der Waals surface area contributed by atoms with Gasteiger partial charge in [-0.25, -0.2) is 0 Å². The Morgan fingerprint density at radius 2 is 2.00 bits per heavy atom. The minimum Gasteiger partial charge on any atom is -0.314 e. The minimum absolute atomic E-state index is 0.749. The van der Waals surface area contributed by atoms with E-state index in [0.29, 0.717) is 0 Å². The summed E-state index contributed by atoms with van der Waals surface area (Å²) in [4.78, 5) is 0. The van der Waals surface area contributed by atoms with Crippen molar-refractivity contribution in [2.75, 3.05) is 6.54 Å². The molecule has 1 saturated carbocycles. The molecule has 2 rings (SSSR count). The summed E-state index contributed by atoms with van der Waals surface area (Å²) in [5, 5.41) is 3.76. The van der Waals surface area contributed by atoms with Crippen LogP contribution in [-0.2, 0) is 0 Å². The van der Waals surface area contributed by atoms with Gasteiger partial charge in [0, 0.05) is 6.04 Å². The van der Waals surface area contributed by atoms with Crippen LogP contribution in [-0.4, -0.2) is 12.6 Å². The van der Waals surface area contributed by atoms with Crippen LogP contribution < -0.4 is 5.32 Å². The summed E-state index contributed by atoms with van der Waals surface area (Å²) in [5.74, 6) is 1.86. The van der Waals surface area contributed by atoms with Gasteiger partial charge in [-0.3, -0.25) is 0 Å². The lowest BCUT2D eigenvalue weighted by Crippen LogP contribution is -2.36. The molecule has 0 aromatic rings. The molecule has 0 radical (unpaired) electrons. The highest BCUT2D eigenvalue weighted by molar-refractivity contribution is 4.91. The normalized spacial score (nSPS) is 29.5. The molecular weight excluding hydrogens is 182 g/mol. The summed E-state index contributed by atoms with van der Waals surface area (Å²) >= 11 is 0. The summed E-state index contributed by atoms with van der Waals surface area (Å²) in [7, 11) is 0. The monoisotopic (exact) mass is 207 g/mol. The van der Waals surface area contributed by atoms with Crippen molar-refractivity contribution in [2.45, 2.75) is 57.9 Å². The Kier molecular flexibility index (Phi) is 4.25. The van der Waals surface area contributed by atoms with Gasteiger partial charge >= 0.3 is 0 Å². The number of allylic oxidation sites excluding steroid dienone is 2. The fourth-order valence-corrected chi connectivity index (χ4v) is 3.02. The number of rotatable bonds is 4. The highest BCUT2D eigenvalue weighted by Crippen LogP contribution is 2.27. The molecule has 1 nitrogen and oxygen atoms in total. The molecule has 2 atom stereocenters. The van der Waals surface area contributed by atoms with Crippen molar-refractivity contribution >= 4 is 0 Å². The molecule has 0 spiro atoms. The van der Waals surface area contributed by atoms with E-state index in [1.807, 2.05) is 0 Å². The lowest BCUT2D eigenvalue weighted by atomic mass is 9.93. The summed E-state index contributed by atoms with van der Waals surface area (Å²) in [6.45, 7) is 3.62. The van der Waals surface area contributed by atoms with Gasteiger partial charge < -0.3 is 5.32 Å². The Balaban J connectivity index is 1.65. The van der Waals surface area contributed by atoms with Gasteiger partial charge in [-0.1, -0.05) is 25.0 Å². The van der Waals surface area contributed by atoms with Crippen LogP contribution in [0.4, 0.5) is 0 Å². The molecule has 1 fully saturated rings. The average Bonchev–Trinajstić information content (AvgIpc) is 2.81. The summed E-state index contributed by atoms with van der Waals surface area (Å²) < 4.78 is 0. The van der Waals surface area contributed by atoms with Gasteiger partial charge in [0.05, 0.1) is 0 Å². The molecule has 2 aliphatic carbocycles. The van der Waals surface area contributed by atoms with E-state index >= 15 is 0 Å². The largest absolute Gasteiger partial charge is 0.314 e. The Labute approximate surface area is 94.3 Å². The summed E-state index contributed by atoms with van der Waals surface area (Å²) in [6, 6.07) is 0.749. The third-order valence-electron chi connectivity index (χ3n) is 4.21. The van der Waals surface area contributed by atoms with Gasteiger partial charge in [-0.15, -0.1) is 0 Å². The first-order chi connectivity index (χ1) is 7.36. The van der Waals surface area contributed by atoms with Crippen molar-refractivity contribution in [3.05, 3.63) is 12.2 Å². The maximum atomic E-state index is 3.76. The molecule has 86 valence electrons. The van der Waals surface area contributed by atoms with Gasteiger partial charge in [0.25, 0.3) is 0 Å². The lowest BCUT2D eigenvalue weighted by molar-refractivity contribution is 0.341. The van der Waals surface area contributed by atoms with Crippen molar-refractivity contribution in [1.82, 2.24) is 5.32 Å². The van der Waals surface area contributed by atoms with Crippen LogP contribution in [0.1, 0.15) is 51.9 Å². The SMILES string of the molecule is C[C@H](NCC1CC=CCC1)C1CCCC1. The molecule has 0 aliphatic heterocycles. The maximum absolute atomic E-state index is 3.76. The van der Waals surface area contributed by atoms with Crippen molar-refractivity contribution in [1.29, 1.82) is 0 Å². The molecule has 0 amide bonds. The quantitative estimate of drug-likeness (QED) is 0.696. The van der Waals surface area contributed by atoms with Gasteiger partial charge in [0.2, 0.25) is 0 Å². The van der Waals surface area contributed by atoms with E-state index in [1.54, 1.807) is 0 Å². The summed E-state index contributed by atoms with van der Waals surface area (Å²) in [5.41, 5.74) is 0. The fraction of sp³-hybridized carbons (Fsp3) is 0.857. The molecule has 0 heterocycles. The number of nitrogens with one attached hydrogen (secondary N) is 1. The van der Waals surface area contributed by atoms with E-state index in [-0.39, 0.29) is 0 Å². The lowest BCUT2D eigenvalue weighted by Gasteiger charge is -2.24. The highest BCUT2D eigenvalue weighted by Gasteiger charge is 2.21. The molecule has 0 saturated heterocycles. The van der Waals surface area contributed by atoms with Crippen LogP contribution in [0.3, 0.4) is 0 Å². The van der Waals surface area contributed by atoms with Gasteiger partial charge in [0.1, 0.15) is 0 Å². The Morgan fingerprint density at radius 3 is 2.67 bits per heavy atom. The predicted octanol–water partition coefficient (Wildman–Crippen LogP) is 3.51. The van der Waals surface area contributed by atoms with Crippen LogP contribution >= 0.6 is 0 Å². The maximum Gasteiger partial charge on any atom is 0.00671 e. The molecular formula is C14H25N. The Morgan fingerprint density at radius 1 is 1.20 bits per heavy atom. The van der Waals surface area contributed by atoms with Gasteiger partial charge in [0.15, 0.2) is 0 Å². The van der Waals surface area contributed by atoms with Gasteiger partial charge in [-0.05, 0) is 57.4 Å². The van der Waals surface area contributed by atoms with E-state index in [9.17, 15) is 0 Å².